The molecular weight excluding hydrogens is 272 g/mol. The fraction of sp³-hybridized carbons (Fsp3) is 0.467. The van der Waals surface area contributed by atoms with E-state index in [1.807, 2.05) is 13.8 Å². The van der Waals surface area contributed by atoms with Gasteiger partial charge in [-0.15, -0.1) is 0 Å². The molecule has 6 nitrogen and oxygen atoms in total. The van der Waals surface area contributed by atoms with Crippen molar-refractivity contribution < 1.29 is 19.4 Å². The largest absolute Gasteiger partial charge is 0.481 e. The fourth-order valence-electron chi connectivity index (χ4n) is 2.50. The van der Waals surface area contributed by atoms with Crippen LogP contribution in [0.3, 0.4) is 0 Å². The number of carboxylic acid groups (broad SMARTS) is 1. The van der Waals surface area contributed by atoms with Crippen molar-refractivity contribution in [3.8, 4) is 0 Å². The molecule has 2 amide bonds. The van der Waals surface area contributed by atoms with E-state index in [0.29, 0.717) is 24.3 Å². The number of carbonyl (C=O) groups is 2. The predicted octanol–water partition coefficient (Wildman–Crippen LogP) is 1.95. The van der Waals surface area contributed by atoms with E-state index in [1.165, 1.54) is 0 Å². The molecule has 0 radical (unpaired) electrons. The van der Waals surface area contributed by atoms with E-state index in [0.717, 1.165) is 0 Å². The van der Waals surface area contributed by atoms with Crippen LogP contribution < -0.4 is 5.32 Å². The number of hydrogen-bond acceptors (Lipinski definition) is 3. The van der Waals surface area contributed by atoms with E-state index in [4.69, 9.17) is 9.84 Å². The van der Waals surface area contributed by atoms with Gasteiger partial charge in [-0.3, -0.25) is 4.79 Å². The van der Waals surface area contributed by atoms with Crippen molar-refractivity contribution in [1.29, 1.82) is 0 Å². The topological polar surface area (TPSA) is 78.9 Å². The Bertz CT molecular complexity index is 522. The Balaban J connectivity index is 2.07. The van der Waals surface area contributed by atoms with Crippen LogP contribution in [-0.4, -0.2) is 47.3 Å². The number of nitrogens with one attached hydrogen (secondary N) is 1. The van der Waals surface area contributed by atoms with Gasteiger partial charge < -0.3 is 20.1 Å². The smallest absolute Gasteiger partial charge is 0.322 e. The molecule has 2 N–H and O–H groups in total. The average Bonchev–Trinajstić information content (AvgIpc) is 2.39. The lowest BCUT2D eigenvalue weighted by Gasteiger charge is -2.35. The summed E-state index contributed by atoms with van der Waals surface area (Å²) in [5, 5.41) is 11.7. The van der Waals surface area contributed by atoms with Crippen LogP contribution in [0.5, 0.6) is 0 Å². The number of rotatable bonds is 3. The van der Waals surface area contributed by atoms with Crippen LogP contribution in [0.15, 0.2) is 24.3 Å². The highest BCUT2D eigenvalue weighted by Crippen LogP contribution is 2.18. The second kappa shape index (κ2) is 6.58. The van der Waals surface area contributed by atoms with Gasteiger partial charge >= 0.3 is 12.0 Å². The quantitative estimate of drug-likeness (QED) is 0.892. The lowest BCUT2D eigenvalue weighted by Crippen LogP contribution is -2.49. The van der Waals surface area contributed by atoms with Crippen LogP contribution in [-0.2, 0) is 16.0 Å². The highest BCUT2D eigenvalue weighted by Gasteiger charge is 2.26. The van der Waals surface area contributed by atoms with Crippen molar-refractivity contribution in [2.24, 2.45) is 0 Å². The Morgan fingerprint density at radius 2 is 1.90 bits per heavy atom. The number of carboxylic acids is 1. The molecule has 114 valence electrons. The number of amides is 2. The zero-order valence-electron chi connectivity index (χ0n) is 12.2. The molecule has 1 aliphatic rings. The van der Waals surface area contributed by atoms with Crippen molar-refractivity contribution in [2.45, 2.75) is 32.5 Å². The Kier molecular flexibility index (Phi) is 4.80. The zero-order chi connectivity index (χ0) is 15.4. The van der Waals surface area contributed by atoms with E-state index < -0.39 is 5.97 Å². The summed E-state index contributed by atoms with van der Waals surface area (Å²) in [6, 6.07) is 6.71. The lowest BCUT2D eigenvalue weighted by molar-refractivity contribution is -0.136. The third-order valence-corrected chi connectivity index (χ3v) is 3.31. The molecule has 0 aliphatic carbocycles. The Labute approximate surface area is 123 Å². The summed E-state index contributed by atoms with van der Waals surface area (Å²) in [5.74, 6) is -0.926. The Hall–Kier alpha value is -2.08. The number of anilines is 1. The normalized spacial score (nSPS) is 21.9. The maximum atomic E-state index is 12.3. The number of carbonyl (C=O) groups excluding carboxylic acids is 1. The Morgan fingerprint density at radius 3 is 2.52 bits per heavy atom. The first-order chi connectivity index (χ1) is 9.95. The van der Waals surface area contributed by atoms with Crippen LogP contribution in [0, 0.1) is 0 Å². The van der Waals surface area contributed by atoms with Gasteiger partial charge in [0.2, 0.25) is 0 Å². The highest BCUT2D eigenvalue weighted by atomic mass is 16.5. The highest BCUT2D eigenvalue weighted by molar-refractivity contribution is 5.91. The summed E-state index contributed by atoms with van der Waals surface area (Å²) in [5.41, 5.74) is 1.13. The molecule has 1 heterocycles. The summed E-state index contributed by atoms with van der Waals surface area (Å²) in [4.78, 5) is 24.9. The molecule has 0 saturated carbocycles. The molecule has 2 rings (SSSR count). The molecule has 1 aliphatic heterocycles. The summed E-state index contributed by atoms with van der Waals surface area (Å²) in [6.45, 7) is 4.90. The van der Waals surface area contributed by atoms with Crippen LogP contribution >= 0.6 is 0 Å². The monoisotopic (exact) mass is 292 g/mol. The van der Waals surface area contributed by atoms with E-state index in [1.54, 1.807) is 29.2 Å². The van der Waals surface area contributed by atoms with E-state index in [2.05, 4.69) is 5.32 Å². The van der Waals surface area contributed by atoms with Crippen molar-refractivity contribution >= 4 is 17.7 Å². The molecule has 1 aromatic carbocycles. The molecule has 1 fully saturated rings. The van der Waals surface area contributed by atoms with Gasteiger partial charge in [0.1, 0.15) is 0 Å². The van der Waals surface area contributed by atoms with Crippen LogP contribution in [0.2, 0.25) is 0 Å². The van der Waals surface area contributed by atoms with Gasteiger partial charge in [-0.2, -0.15) is 0 Å². The average molecular weight is 292 g/mol. The standard InChI is InChI=1S/C15H20N2O4/c1-10-8-17(9-11(2)21-10)15(20)16-13-6-4-3-5-12(13)7-14(18)19/h3-6,10-11H,7-9H2,1-2H3,(H,16,20)(H,18,19). The number of urea groups is 1. The third kappa shape index (κ3) is 4.19. The first-order valence-electron chi connectivity index (χ1n) is 6.96. The first kappa shape index (κ1) is 15.3. The van der Waals surface area contributed by atoms with Gasteiger partial charge in [0.25, 0.3) is 0 Å². The van der Waals surface area contributed by atoms with Crippen LogP contribution in [0.25, 0.3) is 0 Å². The van der Waals surface area contributed by atoms with Gasteiger partial charge in [0.15, 0.2) is 0 Å². The number of morpholine rings is 1. The number of hydrogen-bond donors (Lipinski definition) is 2. The maximum Gasteiger partial charge on any atom is 0.322 e. The SMILES string of the molecule is CC1CN(C(=O)Nc2ccccc2CC(=O)O)CC(C)O1. The lowest BCUT2D eigenvalue weighted by atomic mass is 10.1. The molecule has 2 atom stereocenters. The van der Waals surface area contributed by atoms with Gasteiger partial charge in [-0.1, -0.05) is 18.2 Å². The van der Waals surface area contributed by atoms with Crippen LogP contribution in [0.1, 0.15) is 19.4 Å². The molecule has 0 spiro atoms. The van der Waals surface area contributed by atoms with Gasteiger partial charge in [-0.25, -0.2) is 4.79 Å². The molecule has 0 bridgehead atoms. The third-order valence-electron chi connectivity index (χ3n) is 3.31. The van der Waals surface area contributed by atoms with Gasteiger partial charge in [-0.05, 0) is 25.5 Å². The van der Waals surface area contributed by atoms with Crippen molar-refractivity contribution in [3.05, 3.63) is 29.8 Å². The minimum Gasteiger partial charge on any atom is -0.481 e. The van der Waals surface area contributed by atoms with Crippen molar-refractivity contribution in [3.63, 3.8) is 0 Å². The molecule has 1 saturated heterocycles. The summed E-state index contributed by atoms with van der Waals surface area (Å²) in [6.07, 6.45) is -0.130. The summed E-state index contributed by atoms with van der Waals surface area (Å²) < 4.78 is 5.59. The molecule has 21 heavy (non-hydrogen) atoms. The zero-order valence-corrected chi connectivity index (χ0v) is 12.2. The minimum absolute atomic E-state index is 0.00577. The molecule has 0 aromatic heterocycles. The van der Waals surface area contributed by atoms with Gasteiger partial charge in [0, 0.05) is 18.8 Å². The second-order valence-corrected chi connectivity index (χ2v) is 5.32. The number of aliphatic carboxylic acids is 1. The molecule has 6 heteroatoms. The second-order valence-electron chi connectivity index (χ2n) is 5.32. The predicted molar refractivity (Wildman–Crippen MR) is 78.4 cm³/mol. The number of nitrogens with zero attached hydrogens (tertiary/aromatic N) is 1. The van der Waals surface area contributed by atoms with E-state index in [9.17, 15) is 9.59 Å². The maximum absolute atomic E-state index is 12.3. The van der Waals surface area contributed by atoms with Crippen LogP contribution in [0.4, 0.5) is 10.5 Å². The summed E-state index contributed by atoms with van der Waals surface area (Å²) >= 11 is 0. The number of ether oxygens (including phenoxy) is 1. The molecular formula is C15H20N2O4. The van der Waals surface area contributed by atoms with Gasteiger partial charge in [0.05, 0.1) is 18.6 Å². The Morgan fingerprint density at radius 1 is 1.29 bits per heavy atom. The van der Waals surface area contributed by atoms with Crippen molar-refractivity contribution in [2.75, 3.05) is 18.4 Å². The molecule has 2 unspecified atom stereocenters. The first-order valence-corrected chi connectivity index (χ1v) is 6.96. The number of para-hydroxylation sites is 1. The fourth-order valence-corrected chi connectivity index (χ4v) is 2.50. The van der Waals surface area contributed by atoms with Crippen molar-refractivity contribution in [1.82, 2.24) is 4.90 Å². The van der Waals surface area contributed by atoms with E-state index >= 15 is 0 Å². The minimum atomic E-state index is -0.926. The summed E-state index contributed by atoms with van der Waals surface area (Å²) in [7, 11) is 0. The molecule has 1 aromatic rings. The van der Waals surface area contributed by atoms with E-state index in [-0.39, 0.29) is 24.7 Å². The number of benzene rings is 1.